The van der Waals surface area contributed by atoms with Crippen LogP contribution in [0.3, 0.4) is 0 Å². The van der Waals surface area contributed by atoms with Crippen molar-refractivity contribution in [1.82, 2.24) is 24.8 Å². The first-order valence-electron chi connectivity index (χ1n) is 11.4. The highest BCUT2D eigenvalue weighted by molar-refractivity contribution is 5.79. The maximum Gasteiger partial charge on any atom is 0.229 e. The Labute approximate surface area is 196 Å². The van der Waals surface area contributed by atoms with Gasteiger partial charge in [0.25, 0.3) is 0 Å². The van der Waals surface area contributed by atoms with Gasteiger partial charge in [-0.1, -0.05) is 6.07 Å². The molecule has 176 valence electrons. The molecule has 4 aromatic rings. The van der Waals surface area contributed by atoms with Gasteiger partial charge in [0.15, 0.2) is 11.5 Å². The van der Waals surface area contributed by atoms with Crippen molar-refractivity contribution in [3.05, 3.63) is 66.4 Å². The van der Waals surface area contributed by atoms with Crippen LogP contribution in [0.4, 0.5) is 16.0 Å². The number of pyridine rings is 1. The van der Waals surface area contributed by atoms with E-state index in [2.05, 4.69) is 25.6 Å². The Hall–Kier alpha value is -3.56. The first-order valence-corrected chi connectivity index (χ1v) is 11.4. The Bertz CT molecular complexity index is 1290. The average molecular weight is 463 g/mol. The summed E-state index contributed by atoms with van der Waals surface area (Å²) in [4.78, 5) is 13.3. The number of fused-ring (bicyclic) bond motifs is 1. The van der Waals surface area contributed by atoms with Crippen molar-refractivity contribution >= 4 is 22.7 Å². The van der Waals surface area contributed by atoms with E-state index in [4.69, 9.17) is 4.74 Å². The minimum Gasteiger partial charge on any atom is -0.489 e. The molecule has 1 atom stereocenters. The molecule has 4 heterocycles. The number of halogens is 1. The monoisotopic (exact) mass is 462 g/mol. The van der Waals surface area contributed by atoms with E-state index in [-0.39, 0.29) is 11.5 Å². The van der Waals surface area contributed by atoms with Crippen LogP contribution in [0.2, 0.25) is 0 Å². The van der Waals surface area contributed by atoms with Gasteiger partial charge in [-0.05, 0) is 69.6 Å². The van der Waals surface area contributed by atoms with Gasteiger partial charge in [0, 0.05) is 24.6 Å². The molecule has 1 aromatic carbocycles. The van der Waals surface area contributed by atoms with E-state index in [0.29, 0.717) is 23.1 Å². The largest absolute Gasteiger partial charge is 0.489 e. The van der Waals surface area contributed by atoms with Gasteiger partial charge in [-0.3, -0.25) is 4.57 Å². The van der Waals surface area contributed by atoms with Crippen LogP contribution in [-0.4, -0.2) is 43.8 Å². The van der Waals surface area contributed by atoms with Crippen molar-refractivity contribution < 1.29 is 14.2 Å². The quantitative estimate of drug-likeness (QED) is 0.398. The molecule has 3 N–H and O–H groups in total. The molecular formula is C25H27FN6O2. The number of nitrogens with zero attached hydrogens (tertiary/aromatic N) is 4. The predicted molar refractivity (Wildman–Crippen MR) is 128 cm³/mol. The summed E-state index contributed by atoms with van der Waals surface area (Å²) in [7, 11) is 0. The van der Waals surface area contributed by atoms with Crippen molar-refractivity contribution in [3.8, 4) is 11.6 Å². The molecule has 9 heteroatoms. The first-order chi connectivity index (χ1) is 16.4. The highest BCUT2D eigenvalue weighted by Gasteiger charge is 2.20. The highest BCUT2D eigenvalue weighted by atomic mass is 19.1. The second-order valence-corrected chi connectivity index (χ2v) is 8.95. The molecule has 1 fully saturated rings. The highest BCUT2D eigenvalue weighted by Crippen LogP contribution is 2.26. The number of ether oxygens (including phenoxy) is 1. The zero-order chi connectivity index (χ0) is 23.7. The summed E-state index contributed by atoms with van der Waals surface area (Å²) in [5, 5.41) is 17.1. The zero-order valence-corrected chi connectivity index (χ0v) is 19.1. The summed E-state index contributed by atoms with van der Waals surface area (Å²) in [6, 6.07) is 12.8. The van der Waals surface area contributed by atoms with Crippen LogP contribution < -0.4 is 15.4 Å². The number of aromatic nitrogens is 4. The number of nitrogens with one attached hydrogen (secondary N) is 2. The maximum absolute atomic E-state index is 14.6. The molecule has 1 aliphatic rings. The molecule has 0 radical (unpaired) electrons. The van der Waals surface area contributed by atoms with Crippen LogP contribution in [-0.2, 0) is 5.60 Å². The first kappa shape index (κ1) is 22.2. The van der Waals surface area contributed by atoms with E-state index in [1.807, 2.05) is 24.3 Å². The summed E-state index contributed by atoms with van der Waals surface area (Å²) in [6.07, 6.45) is 5.12. The van der Waals surface area contributed by atoms with Crippen molar-refractivity contribution in [3.63, 3.8) is 0 Å². The number of anilines is 2. The molecule has 0 spiro atoms. The van der Waals surface area contributed by atoms with E-state index in [1.54, 1.807) is 36.6 Å². The Morgan fingerprint density at radius 3 is 2.74 bits per heavy atom. The van der Waals surface area contributed by atoms with Crippen LogP contribution in [0.25, 0.3) is 16.9 Å². The Kier molecular flexibility index (Phi) is 5.89. The number of piperidine rings is 1. The summed E-state index contributed by atoms with van der Waals surface area (Å²) in [6.45, 7) is 5.21. The van der Waals surface area contributed by atoms with E-state index < -0.39 is 11.4 Å². The standard InChI is InChI=1S/C25H27FN6O2/c1-25(2,33)21-6-3-7-22(30-21)32-15-20(26)19-14-28-24(31-23(19)32)29-16-8-10-17(11-9-16)34-18-5-4-12-27-13-18/h3,6-11,14-15,18,27,33H,4-5,12-13H2,1-2H3,(H,28,29,31)/t18-/m0/s1. The lowest BCUT2D eigenvalue weighted by Gasteiger charge is -2.24. The zero-order valence-electron chi connectivity index (χ0n) is 19.1. The second kappa shape index (κ2) is 9.00. The van der Waals surface area contributed by atoms with Crippen LogP contribution in [0, 0.1) is 5.82 Å². The number of hydrogen-bond acceptors (Lipinski definition) is 7. The number of benzene rings is 1. The van der Waals surface area contributed by atoms with Gasteiger partial charge in [0.05, 0.1) is 11.1 Å². The Morgan fingerprint density at radius 2 is 2.00 bits per heavy atom. The van der Waals surface area contributed by atoms with Crippen molar-refractivity contribution in [2.24, 2.45) is 0 Å². The SMILES string of the molecule is CC(C)(O)c1cccc(-n2cc(F)c3cnc(Nc4ccc(O[C@H]5CCCNC5)cc4)nc32)n1. The van der Waals surface area contributed by atoms with Crippen molar-refractivity contribution in [2.45, 2.75) is 38.4 Å². The molecule has 3 aromatic heterocycles. The summed E-state index contributed by atoms with van der Waals surface area (Å²) < 4.78 is 22.2. The van der Waals surface area contributed by atoms with Gasteiger partial charge in [0.1, 0.15) is 23.3 Å². The maximum atomic E-state index is 14.6. The second-order valence-electron chi connectivity index (χ2n) is 8.95. The van der Waals surface area contributed by atoms with Crippen LogP contribution >= 0.6 is 0 Å². The molecule has 0 unspecified atom stereocenters. The summed E-state index contributed by atoms with van der Waals surface area (Å²) in [5.74, 6) is 1.15. The molecule has 34 heavy (non-hydrogen) atoms. The van der Waals surface area contributed by atoms with E-state index >= 15 is 0 Å². The van der Waals surface area contributed by atoms with Crippen molar-refractivity contribution in [2.75, 3.05) is 18.4 Å². The average Bonchev–Trinajstić information content (AvgIpc) is 3.16. The Morgan fingerprint density at radius 1 is 1.18 bits per heavy atom. The molecule has 1 saturated heterocycles. The van der Waals surface area contributed by atoms with Gasteiger partial charge in [0.2, 0.25) is 5.95 Å². The normalized spacial score (nSPS) is 16.5. The van der Waals surface area contributed by atoms with Gasteiger partial charge in [-0.2, -0.15) is 4.98 Å². The third kappa shape index (κ3) is 4.71. The van der Waals surface area contributed by atoms with E-state index in [1.165, 1.54) is 12.4 Å². The lowest BCUT2D eigenvalue weighted by atomic mass is 10.1. The molecule has 5 rings (SSSR count). The fourth-order valence-electron chi connectivity index (χ4n) is 3.96. The molecule has 1 aliphatic heterocycles. The lowest BCUT2D eigenvalue weighted by molar-refractivity contribution is 0.0738. The van der Waals surface area contributed by atoms with Gasteiger partial charge < -0.3 is 20.5 Å². The number of hydrogen-bond donors (Lipinski definition) is 3. The van der Waals surface area contributed by atoms with Gasteiger partial charge >= 0.3 is 0 Å². The fraction of sp³-hybridized carbons (Fsp3) is 0.320. The Balaban J connectivity index is 1.39. The molecule has 0 aliphatic carbocycles. The van der Waals surface area contributed by atoms with E-state index in [0.717, 1.165) is 37.4 Å². The third-order valence-electron chi connectivity index (χ3n) is 5.77. The van der Waals surface area contributed by atoms with Gasteiger partial charge in [-0.25, -0.2) is 14.4 Å². The molecule has 0 bridgehead atoms. The number of rotatable bonds is 6. The molecular weight excluding hydrogens is 435 g/mol. The van der Waals surface area contributed by atoms with Crippen LogP contribution in [0.5, 0.6) is 5.75 Å². The summed E-state index contributed by atoms with van der Waals surface area (Å²) in [5.41, 5.74) is 0.517. The fourth-order valence-corrected chi connectivity index (χ4v) is 3.96. The summed E-state index contributed by atoms with van der Waals surface area (Å²) >= 11 is 0. The molecule has 8 nitrogen and oxygen atoms in total. The topological polar surface area (TPSA) is 97.1 Å². The minimum atomic E-state index is -1.12. The lowest BCUT2D eigenvalue weighted by Crippen LogP contribution is -2.37. The smallest absolute Gasteiger partial charge is 0.229 e. The van der Waals surface area contributed by atoms with Crippen molar-refractivity contribution in [1.29, 1.82) is 0 Å². The van der Waals surface area contributed by atoms with Crippen LogP contribution in [0.1, 0.15) is 32.4 Å². The number of aliphatic hydroxyl groups is 1. The predicted octanol–water partition coefficient (Wildman–Crippen LogP) is 4.06. The minimum absolute atomic E-state index is 0.185. The van der Waals surface area contributed by atoms with E-state index in [9.17, 15) is 9.50 Å². The molecule has 0 saturated carbocycles. The van der Waals surface area contributed by atoms with Gasteiger partial charge in [-0.15, -0.1) is 0 Å². The van der Waals surface area contributed by atoms with Crippen LogP contribution in [0.15, 0.2) is 54.9 Å². The molecule has 0 amide bonds. The third-order valence-corrected chi connectivity index (χ3v) is 5.77.